The number of hydrogen-bond donors (Lipinski definition) is 0. The van der Waals surface area contributed by atoms with Gasteiger partial charge in [-0.3, -0.25) is 14.6 Å². The number of anilines is 1. The predicted molar refractivity (Wildman–Crippen MR) is 106 cm³/mol. The van der Waals surface area contributed by atoms with Crippen LogP contribution in [-0.4, -0.2) is 40.1 Å². The summed E-state index contributed by atoms with van der Waals surface area (Å²) in [5.74, 6) is 0.138. The monoisotopic (exact) mass is 384 g/mol. The third-order valence-electron chi connectivity index (χ3n) is 3.55. The zero-order valence-electron chi connectivity index (χ0n) is 15.6. The summed E-state index contributed by atoms with van der Waals surface area (Å²) in [5, 5.41) is 1.07. The number of fused-ring (bicyclic) bond motifs is 1. The molecule has 0 radical (unpaired) electrons. The van der Waals surface area contributed by atoms with Gasteiger partial charge in [-0.15, -0.1) is 11.3 Å². The summed E-state index contributed by atoms with van der Waals surface area (Å²) in [6.45, 7) is 5.49. The van der Waals surface area contributed by atoms with Crippen molar-refractivity contribution in [3.63, 3.8) is 0 Å². The number of hydrogen-bond acceptors (Lipinski definition) is 8. The maximum absolute atomic E-state index is 12.2. The van der Waals surface area contributed by atoms with E-state index in [0.29, 0.717) is 21.9 Å². The van der Waals surface area contributed by atoms with Crippen LogP contribution in [-0.2, 0) is 9.53 Å². The van der Waals surface area contributed by atoms with Gasteiger partial charge in [0, 0.05) is 11.7 Å². The minimum absolute atomic E-state index is 0.0385. The normalized spacial score (nSPS) is 11.4. The van der Waals surface area contributed by atoms with Crippen LogP contribution in [0.25, 0.3) is 20.8 Å². The summed E-state index contributed by atoms with van der Waals surface area (Å²) in [6, 6.07) is 7.31. The molecule has 0 aliphatic rings. The third-order valence-corrected chi connectivity index (χ3v) is 4.62. The van der Waals surface area contributed by atoms with Crippen LogP contribution in [0.1, 0.15) is 20.8 Å². The number of benzene rings is 1. The molecule has 0 unspecified atom stereocenters. The van der Waals surface area contributed by atoms with Gasteiger partial charge in [0.2, 0.25) is 0 Å². The molecule has 0 saturated carbocycles. The van der Waals surface area contributed by atoms with E-state index >= 15 is 0 Å². The highest BCUT2D eigenvalue weighted by molar-refractivity contribution is 7.21. The summed E-state index contributed by atoms with van der Waals surface area (Å²) in [4.78, 5) is 38.7. The molecule has 0 amide bonds. The zero-order valence-corrected chi connectivity index (χ0v) is 16.4. The van der Waals surface area contributed by atoms with Crippen LogP contribution in [0.2, 0.25) is 0 Å². The van der Waals surface area contributed by atoms with Crippen LogP contribution in [0, 0.1) is 0 Å². The molecule has 0 spiro atoms. The smallest absolute Gasteiger partial charge is 0.326 e. The zero-order chi connectivity index (χ0) is 19.6. The fraction of sp³-hybridized carbons (Fsp3) is 0.316. The number of rotatable bonds is 4. The molecular formula is C19H20N4O3S. The molecule has 0 aliphatic heterocycles. The van der Waals surface area contributed by atoms with Gasteiger partial charge in [-0.25, -0.2) is 4.98 Å². The minimum atomic E-state index is -0.549. The van der Waals surface area contributed by atoms with Crippen LogP contribution in [0.15, 0.2) is 41.5 Å². The van der Waals surface area contributed by atoms with Gasteiger partial charge >= 0.3 is 5.97 Å². The second kappa shape index (κ2) is 7.40. The number of likely N-dealkylation sites (N-methyl/N-ethyl adjacent to an activating group) is 1. The summed E-state index contributed by atoms with van der Waals surface area (Å²) in [7, 11) is 1.73. The molecule has 0 fully saturated rings. The number of esters is 1. The van der Waals surface area contributed by atoms with E-state index in [1.165, 1.54) is 11.3 Å². The van der Waals surface area contributed by atoms with Gasteiger partial charge < -0.3 is 9.64 Å². The first-order chi connectivity index (χ1) is 12.7. The first-order valence-electron chi connectivity index (χ1n) is 8.38. The van der Waals surface area contributed by atoms with Crippen molar-refractivity contribution >= 4 is 33.2 Å². The third kappa shape index (κ3) is 4.65. The molecule has 8 heteroatoms. The van der Waals surface area contributed by atoms with Crippen molar-refractivity contribution in [3.05, 3.63) is 47.0 Å². The predicted octanol–water partition coefficient (Wildman–Crippen LogP) is 2.89. The maximum atomic E-state index is 12.2. The summed E-state index contributed by atoms with van der Waals surface area (Å²) < 4.78 is 6.16. The second-order valence-corrected chi connectivity index (χ2v) is 8.06. The first kappa shape index (κ1) is 18.9. The molecule has 0 bridgehead atoms. The van der Waals surface area contributed by atoms with Gasteiger partial charge in [-0.05, 0) is 32.9 Å². The van der Waals surface area contributed by atoms with E-state index in [4.69, 9.17) is 4.74 Å². The average Bonchev–Trinajstić information content (AvgIpc) is 2.60. The average molecular weight is 384 g/mol. The van der Waals surface area contributed by atoms with E-state index in [2.05, 4.69) is 15.0 Å². The van der Waals surface area contributed by atoms with Crippen molar-refractivity contribution in [2.45, 2.75) is 26.4 Å². The van der Waals surface area contributed by atoms with Crippen LogP contribution < -0.4 is 10.5 Å². The van der Waals surface area contributed by atoms with Crippen LogP contribution in [0.5, 0.6) is 0 Å². The van der Waals surface area contributed by atoms with Crippen molar-refractivity contribution in [2.75, 3.05) is 18.5 Å². The Labute approximate surface area is 160 Å². The lowest BCUT2D eigenvalue weighted by Crippen LogP contribution is -2.33. The Hall–Kier alpha value is -2.87. The van der Waals surface area contributed by atoms with Crippen molar-refractivity contribution in [2.24, 2.45) is 0 Å². The van der Waals surface area contributed by atoms with Crippen LogP contribution >= 0.6 is 11.3 Å². The lowest BCUT2D eigenvalue weighted by Gasteiger charge is -2.23. The summed E-state index contributed by atoms with van der Waals surface area (Å²) >= 11 is 1.37. The Morgan fingerprint density at radius 1 is 1.19 bits per heavy atom. The molecule has 1 aromatic carbocycles. The molecule has 0 aliphatic carbocycles. The minimum Gasteiger partial charge on any atom is -0.459 e. The van der Waals surface area contributed by atoms with E-state index in [1.807, 2.05) is 39.0 Å². The van der Waals surface area contributed by atoms with Gasteiger partial charge in [-0.2, -0.15) is 4.98 Å². The highest BCUT2D eigenvalue weighted by Gasteiger charge is 2.19. The Morgan fingerprint density at radius 3 is 2.67 bits per heavy atom. The van der Waals surface area contributed by atoms with Gasteiger partial charge in [0.1, 0.15) is 28.7 Å². The van der Waals surface area contributed by atoms with Crippen LogP contribution in [0.3, 0.4) is 0 Å². The van der Waals surface area contributed by atoms with Gasteiger partial charge in [0.25, 0.3) is 5.56 Å². The topological polar surface area (TPSA) is 85.3 Å². The molecule has 0 atom stereocenters. The SMILES string of the molecule is CN(CC(=O)OC(C)(C)C)c1cncc(-c2nc(=O)c3ccccc3s2)n1. The van der Waals surface area contributed by atoms with E-state index in [9.17, 15) is 9.59 Å². The molecule has 2 heterocycles. The van der Waals surface area contributed by atoms with Gasteiger partial charge in [0.15, 0.2) is 0 Å². The molecule has 3 aromatic rings. The number of carbonyl (C=O) groups excluding carboxylic acids is 1. The number of nitrogens with zero attached hydrogens (tertiary/aromatic N) is 4. The molecule has 27 heavy (non-hydrogen) atoms. The van der Waals surface area contributed by atoms with E-state index in [1.54, 1.807) is 30.4 Å². The molecule has 2 aromatic heterocycles. The van der Waals surface area contributed by atoms with E-state index in [0.717, 1.165) is 4.70 Å². The van der Waals surface area contributed by atoms with E-state index in [-0.39, 0.29) is 18.1 Å². The van der Waals surface area contributed by atoms with E-state index < -0.39 is 5.60 Å². The van der Waals surface area contributed by atoms with Crippen molar-refractivity contribution in [3.8, 4) is 10.7 Å². The molecule has 0 saturated heterocycles. The van der Waals surface area contributed by atoms with Crippen molar-refractivity contribution < 1.29 is 9.53 Å². The van der Waals surface area contributed by atoms with Crippen LogP contribution in [0.4, 0.5) is 5.82 Å². The van der Waals surface area contributed by atoms with Crippen molar-refractivity contribution in [1.82, 2.24) is 15.0 Å². The summed E-state index contributed by atoms with van der Waals surface area (Å²) in [5.41, 5.74) is -0.364. The standard InChI is InChI=1S/C19H20N4O3S/c1-19(2,3)26-16(24)11-23(4)15-10-20-9-13(21-15)18-22-17(25)12-7-5-6-8-14(12)27-18/h5-10H,11H2,1-4H3. The Bertz CT molecular complexity index is 1040. The molecule has 140 valence electrons. The van der Waals surface area contributed by atoms with Gasteiger partial charge in [0.05, 0.1) is 17.8 Å². The lowest BCUT2D eigenvalue weighted by atomic mass is 10.2. The quantitative estimate of drug-likeness (QED) is 0.639. The lowest BCUT2D eigenvalue weighted by molar-refractivity contribution is -0.152. The Morgan fingerprint density at radius 2 is 1.93 bits per heavy atom. The molecule has 7 nitrogen and oxygen atoms in total. The summed E-state index contributed by atoms with van der Waals surface area (Å²) in [6.07, 6.45) is 3.11. The number of aromatic nitrogens is 3. The number of carbonyl (C=O) groups is 1. The Kier molecular flexibility index (Phi) is 5.18. The fourth-order valence-electron chi connectivity index (χ4n) is 2.41. The largest absolute Gasteiger partial charge is 0.459 e. The van der Waals surface area contributed by atoms with Crippen molar-refractivity contribution in [1.29, 1.82) is 0 Å². The highest BCUT2D eigenvalue weighted by Crippen LogP contribution is 2.25. The highest BCUT2D eigenvalue weighted by atomic mass is 32.1. The first-order valence-corrected chi connectivity index (χ1v) is 9.20. The molecular weight excluding hydrogens is 364 g/mol. The molecule has 3 rings (SSSR count). The molecule has 0 N–H and O–H groups in total. The second-order valence-electron chi connectivity index (χ2n) is 7.03. The fourth-order valence-corrected chi connectivity index (χ4v) is 3.36. The maximum Gasteiger partial charge on any atom is 0.326 e. The van der Waals surface area contributed by atoms with Gasteiger partial charge in [-0.1, -0.05) is 12.1 Å². The number of ether oxygens (including phenoxy) is 1. The Balaban J connectivity index is 1.87.